The maximum atomic E-state index is 8.34. The largest absolute Gasteiger partial charge is 0.469 e. The summed E-state index contributed by atoms with van der Waals surface area (Å²) in [5.74, 6) is 1.26. The molecule has 0 aliphatic rings. The molecule has 0 saturated heterocycles. The maximum Gasteiger partial charge on any atom is 0.139 e. The fourth-order valence-corrected chi connectivity index (χ4v) is 1.47. The molecular formula is C11H19N3O2. The molecule has 0 spiro atoms. The summed E-state index contributed by atoms with van der Waals surface area (Å²) in [4.78, 5) is 0. The van der Waals surface area contributed by atoms with E-state index >= 15 is 0 Å². The van der Waals surface area contributed by atoms with Crippen molar-refractivity contribution in [1.82, 2.24) is 5.32 Å². The molecule has 0 aliphatic heterocycles. The van der Waals surface area contributed by atoms with Crippen LogP contribution in [-0.2, 0) is 6.42 Å². The van der Waals surface area contributed by atoms with Crippen molar-refractivity contribution >= 4 is 5.84 Å². The molecule has 1 aromatic rings. The Morgan fingerprint density at radius 1 is 1.69 bits per heavy atom. The minimum atomic E-state index is 0.278. The number of hydrogen-bond acceptors (Lipinski definition) is 4. The number of furan rings is 1. The minimum absolute atomic E-state index is 0.278. The van der Waals surface area contributed by atoms with Crippen molar-refractivity contribution < 1.29 is 9.62 Å². The van der Waals surface area contributed by atoms with Crippen molar-refractivity contribution in [3.05, 3.63) is 24.2 Å². The van der Waals surface area contributed by atoms with E-state index in [1.165, 1.54) is 0 Å². The highest BCUT2D eigenvalue weighted by molar-refractivity contribution is 5.79. The van der Waals surface area contributed by atoms with E-state index in [2.05, 4.69) is 17.4 Å². The third-order valence-electron chi connectivity index (χ3n) is 2.32. The Morgan fingerprint density at radius 3 is 3.12 bits per heavy atom. The van der Waals surface area contributed by atoms with Crippen LogP contribution in [0.4, 0.5) is 0 Å². The first-order valence-electron chi connectivity index (χ1n) is 5.44. The second kappa shape index (κ2) is 6.90. The fraction of sp³-hybridized carbons (Fsp3) is 0.545. The highest BCUT2D eigenvalue weighted by Gasteiger charge is 2.04. The van der Waals surface area contributed by atoms with E-state index < -0.39 is 0 Å². The summed E-state index contributed by atoms with van der Waals surface area (Å²) in [6.07, 6.45) is 4.02. The van der Waals surface area contributed by atoms with Crippen molar-refractivity contribution in [2.45, 2.75) is 32.2 Å². The lowest BCUT2D eigenvalue weighted by atomic mass is 10.2. The van der Waals surface area contributed by atoms with Crippen LogP contribution in [0.15, 0.2) is 28.0 Å². The van der Waals surface area contributed by atoms with E-state index in [1.54, 1.807) is 6.26 Å². The summed E-state index contributed by atoms with van der Waals surface area (Å²) in [5, 5.41) is 14.6. The van der Waals surface area contributed by atoms with Crippen LogP contribution in [0.25, 0.3) is 0 Å². The summed E-state index contributed by atoms with van der Waals surface area (Å²) in [6, 6.07) is 4.22. The van der Waals surface area contributed by atoms with Crippen LogP contribution in [-0.4, -0.2) is 23.6 Å². The number of rotatable bonds is 7. The quantitative estimate of drug-likeness (QED) is 0.215. The van der Waals surface area contributed by atoms with Crippen LogP contribution in [0, 0.1) is 0 Å². The van der Waals surface area contributed by atoms with Gasteiger partial charge in [0.25, 0.3) is 0 Å². The van der Waals surface area contributed by atoms with Crippen molar-refractivity contribution in [2.75, 3.05) is 6.54 Å². The molecule has 90 valence electrons. The third kappa shape index (κ3) is 4.84. The Balaban J connectivity index is 2.09. The lowest BCUT2D eigenvalue weighted by Gasteiger charge is -2.11. The van der Waals surface area contributed by atoms with Crippen LogP contribution >= 0.6 is 0 Å². The van der Waals surface area contributed by atoms with E-state index in [0.29, 0.717) is 12.5 Å². The van der Waals surface area contributed by atoms with E-state index in [4.69, 9.17) is 15.4 Å². The first-order chi connectivity index (χ1) is 7.72. The summed E-state index contributed by atoms with van der Waals surface area (Å²) < 4.78 is 5.25. The molecule has 0 amide bonds. The van der Waals surface area contributed by atoms with E-state index in [-0.39, 0.29) is 5.84 Å². The molecule has 1 atom stereocenters. The van der Waals surface area contributed by atoms with Crippen LogP contribution in [0.1, 0.15) is 25.5 Å². The minimum Gasteiger partial charge on any atom is -0.469 e. The van der Waals surface area contributed by atoms with Gasteiger partial charge in [-0.1, -0.05) is 5.16 Å². The van der Waals surface area contributed by atoms with Gasteiger partial charge in [-0.15, -0.1) is 0 Å². The van der Waals surface area contributed by atoms with Gasteiger partial charge in [0, 0.05) is 18.9 Å². The van der Waals surface area contributed by atoms with Crippen LogP contribution in [0.3, 0.4) is 0 Å². The van der Waals surface area contributed by atoms with Crippen LogP contribution in [0.5, 0.6) is 0 Å². The molecule has 5 heteroatoms. The Kier molecular flexibility index (Phi) is 5.42. The first kappa shape index (κ1) is 12.6. The number of hydrogen-bond donors (Lipinski definition) is 3. The van der Waals surface area contributed by atoms with Gasteiger partial charge in [-0.2, -0.15) is 0 Å². The molecule has 0 aliphatic carbocycles. The summed E-state index contributed by atoms with van der Waals surface area (Å²) in [6.45, 7) is 2.95. The average molecular weight is 225 g/mol. The molecule has 5 nitrogen and oxygen atoms in total. The molecule has 1 aromatic heterocycles. The van der Waals surface area contributed by atoms with Gasteiger partial charge in [-0.3, -0.25) is 0 Å². The standard InChI is InChI=1S/C11H19N3O2/c1-9(8-10-4-3-7-16-10)13-6-2-5-11(12)14-15/h3-4,7,9,13,15H,2,5-6,8H2,1H3,(H2,12,14). The van der Waals surface area contributed by atoms with Crippen LogP contribution < -0.4 is 11.1 Å². The number of nitrogens with zero attached hydrogens (tertiary/aromatic N) is 1. The zero-order valence-corrected chi connectivity index (χ0v) is 9.52. The van der Waals surface area contributed by atoms with Gasteiger partial charge in [0.15, 0.2) is 0 Å². The Labute approximate surface area is 95.3 Å². The smallest absolute Gasteiger partial charge is 0.139 e. The Hall–Kier alpha value is -1.49. The average Bonchev–Trinajstić information content (AvgIpc) is 2.76. The van der Waals surface area contributed by atoms with Crippen molar-refractivity contribution in [3.8, 4) is 0 Å². The molecule has 0 saturated carbocycles. The predicted octanol–water partition coefficient (Wildman–Crippen LogP) is 1.33. The normalized spacial score (nSPS) is 13.9. The topological polar surface area (TPSA) is 83.8 Å². The van der Waals surface area contributed by atoms with Crippen molar-refractivity contribution in [3.63, 3.8) is 0 Å². The van der Waals surface area contributed by atoms with E-state index in [0.717, 1.165) is 25.1 Å². The van der Waals surface area contributed by atoms with Crippen LogP contribution in [0.2, 0.25) is 0 Å². The zero-order valence-electron chi connectivity index (χ0n) is 9.52. The molecule has 0 radical (unpaired) electrons. The van der Waals surface area contributed by atoms with Gasteiger partial charge in [0.05, 0.1) is 6.26 Å². The molecular weight excluding hydrogens is 206 g/mol. The SMILES string of the molecule is CC(Cc1ccco1)NCCCC(N)=NO. The number of amidine groups is 1. The summed E-state index contributed by atoms with van der Waals surface area (Å²) >= 11 is 0. The molecule has 1 rings (SSSR count). The fourth-order valence-electron chi connectivity index (χ4n) is 1.47. The highest BCUT2D eigenvalue weighted by Crippen LogP contribution is 2.03. The highest BCUT2D eigenvalue weighted by atomic mass is 16.4. The molecule has 0 aromatic carbocycles. The molecule has 0 bridgehead atoms. The number of oxime groups is 1. The molecule has 1 heterocycles. The van der Waals surface area contributed by atoms with Gasteiger partial charge in [0.1, 0.15) is 11.6 Å². The molecule has 1 unspecified atom stereocenters. The third-order valence-corrected chi connectivity index (χ3v) is 2.32. The summed E-state index contributed by atoms with van der Waals surface area (Å²) in [7, 11) is 0. The first-order valence-corrected chi connectivity index (χ1v) is 5.44. The van der Waals surface area contributed by atoms with Gasteiger partial charge in [-0.05, 0) is 32.0 Å². The lowest BCUT2D eigenvalue weighted by Crippen LogP contribution is -2.29. The predicted molar refractivity (Wildman–Crippen MR) is 62.5 cm³/mol. The Morgan fingerprint density at radius 2 is 2.50 bits per heavy atom. The molecule has 4 N–H and O–H groups in total. The molecule has 16 heavy (non-hydrogen) atoms. The zero-order chi connectivity index (χ0) is 11.8. The number of nitrogens with two attached hydrogens (primary N) is 1. The van der Waals surface area contributed by atoms with Gasteiger partial charge >= 0.3 is 0 Å². The summed E-state index contributed by atoms with van der Waals surface area (Å²) in [5.41, 5.74) is 5.36. The van der Waals surface area contributed by atoms with Crippen molar-refractivity contribution in [2.24, 2.45) is 10.9 Å². The van der Waals surface area contributed by atoms with Gasteiger partial charge in [0.2, 0.25) is 0 Å². The van der Waals surface area contributed by atoms with E-state index in [9.17, 15) is 0 Å². The van der Waals surface area contributed by atoms with Crippen molar-refractivity contribution in [1.29, 1.82) is 0 Å². The van der Waals surface area contributed by atoms with Gasteiger partial charge in [-0.25, -0.2) is 0 Å². The molecule has 0 fully saturated rings. The lowest BCUT2D eigenvalue weighted by molar-refractivity contribution is 0.316. The monoisotopic (exact) mass is 225 g/mol. The number of nitrogens with one attached hydrogen (secondary N) is 1. The van der Waals surface area contributed by atoms with E-state index in [1.807, 2.05) is 12.1 Å². The maximum absolute atomic E-state index is 8.34. The Bertz CT molecular complexity index is 309. The second-order valence-electron chi connectivity index (χ2n) is 3.83. The van der Waals surface area contributed by atoms with Gasteiger partial charge < -0.3 is 20.7 Å². The second-order valence-corrected chi connectivity index (χ2v) is 3.83.